The number of aliphatic hydroxyl groups excluding tert-OH is 4. The molecule has 12 heteroatoms. The minimum atomic E-state index is -1.31. The maximum Gasteiger partial charge on any atom is 0.217 e. The fourth-order valence-electron chi connectivity index (χ4n) is 4.13. The number of carbonyl (C=O) groups is 2. The van der Waals surface area contributed by atoms with E-state index in [2.05, 4.69) is 10.6 Å². The molecule has 10 atom stereocenters. The number of carbonyl (C=O) groups excluding carboxylic acids is 2. The van der Waals surface area contributed by atoms with E-state index < -0.39 is 80.2 Å². The lowest BCUT2D eigenvalue weighted by molar-refractivity contribution is -0.316. The van der Waals surface area contributed by atoms with E-state index in [-0.39, 0.29) is 5.91 Å². The van der Waals surface area contributed by atoms with Crippen molar-refractivity contribution < 1.29 is 49.0 Å². The van der Waals surface area contributed by atoms with Gasteiger partial charge < -0.3 is 50.0 Å². The lowest BCUT2D eigenvalue weighted by atomic mass is 9.90. The third-order valence-electron chi connectivity index (χ3n) is 5.56. The maximum absolute atomic E-state index is 11.7. The SMILES string of the molecule is CC[C@@H]1OC(CO)[C@@H](O[C@@H]2OC(CO)[C@@H](OC)[C@H](O)C2NC(C)=O)[C@H](O)C1NC(C)=O. The van der Waals surface area contributed by atoms with Crippen molar-refractivity contribution in [2.45, 2.75) is 88.3 Å². The third kappa shape index (κ3) is 5.90. The Balaban J connectivity index is 2.30. The maximum atomic E-state index is 11.7. The van der Waals surface area contributed by atoms with Crippen LogP contribution in [0.5, 0.6) is 0 Å². The van der Waals surface area contributed by atoms with Crippen LogP contribution in [0.1, 0.15) is 27.2 Å². The summed E-state index contributed by atoms with van der Waals surface area (Å²) in [7, 11) is 1.33. The number of nitrogens with one attached hydrogen (secondary N) is 2. The van der Waals surface area contributed by atoms with Gasteiger partial charge in [0.05, 0.1) is 25.4 Å². The lowest BCUT2D eigenvalue weighted by Gasteiger charge is -2.48. The van der Waals surface area contributed by atoms with Crippen molar-refractivity contribution in [1.82, 2.24) is 10.6 Å². The molecule has 6 N–H and O–H groups in total. The Kier molecular flexibility index (Phi) is 9.58. The zero-order chi connectivity index (χ0) is 23.3. The van der Waals surface area contributed by atoms with Crippen LogP contribution in [0.4, 0.5) is 0 Å². The molecule has 2 saturated heterocycles. The minimum absolute atomic E-state index is 0.379. The Hall–Kier alpha value is -1.38. The van der Waals surface area contributed by atoms with Gasteiger partial charge in [0.2, 0.25) is 11.8 Å². The van der Waals surface area contributed by atoms with Crippen molar-refractivity contribution in [3.63, 3.8) is 0 Å². The molecule has 0 aromatic rings. The van der Waals surface area contributed by atoms with Gasteiger partial charge in [-0.3, -0.25) is 9.59 Å². The highest BCUT2D eigenvalue weighted by Crippen LogP contribution is 2.30. The average Bonchev–Trinajstić information content (AvgIpc) is 2.72. The first-order valence-corrected chi connectivity index (χ1v) is 10.3. The number of rotatable bonds is 8. The second kappa shape index (κ2) is 11.5. The van der Waals surface area contributed by atoms with E-state index in [1.165, 1.54) is 21.0 Å². The number of aliphatic hydroxyl groups is 4. The Morgan fingerprint density at radius 1 is 0.871 bits per heavy atom. The summed E-state index contributed by atoms with van der Waals surface area (Å²) < 4.78 is 22.7. The standard InChI is InChI=1S/C19H34N2O10/c1-5-10-13(20-8(2)24)15(26)18(12(7-23)29-10)31-19-14(21-9(3)25)16(27)17(28-4)11(6-22)30-19/h10-19,22-23,26-27H,5-7H2,1-4H3,(H,20,24)(H,21,25)/t10-,11?,12?,13?,14?,15+,16+,17+,18+,19-/m0/s1. The molecule has 0 saturated carbocycles. The van der Waals surface area contributed by atoms with Gasteiger partial charge in [0.25, 0.3) is 0 Å². The largest absolute Gasteiger partial charge is 0.394 e. The van der Waals surface area contributed by atoms with Gasteiger partial charge in [-0.25, -0.2) is 0 Å². The van der Waals surface area contributed by atoms with Gasteiger partial charge in [-0.05, 0) is 6.42 Å². The summed E-state index contributed by atoms with van der Waals surface area (Å²) in [6, 6.07) is -1.91. The van der Waals surface area contributed by atoms with Gasteiger partial charge >= 0.3 is 0 Å². The molecule has 2 aliphatic heterocycles. The molecular formula is C19H34N2O10. The molecule has 0 spiro atoms. The first-order chi connectivity index (χ1) is 14.7. The van der Waals surface area contributed by atoms with Crippen molar-refractivity contribution in [3.8, 4) is 0 Å². The Bertz CT molecular complexity index is 608. The van der Waals surface area contributed by atoms with Crippen molar-refractivity contribution >= 4 is 11.8 Å². The second-order valence-electron chi connectivity index (χ2n) is 7.76. The summed E-state index contributed by atoms with van der Waals surface area (Å²) in [5, 5.41) is 46.3. The number of hydrogen-bond donors (Lipinski definition) is 6. The predicted octanol–water partition coefficient (Wildman–Crippen LogP) is -3.00. The monoisotopic (exact) mass is 450 g/mol. The molecule has 12 nitrogen and oxygen atoms in total. The van der Waals surface area contributed by atoms with Crippen molar-refractivity contribution in [1.29, 1.82) is 0 Å². The van der Waals surface area contributed by atoms with Gasteiger partial charge in [0.15, 0.2) is 6.29 Å². The van der Waals surface area contributed by atoms with Crippen LogP contribution in [0.2, 0.25) is 0 Å². The highest BCUT2D eigenvalue weighted by atomic mass is 16.7. The van der Waals surface area contributed by atoms with Crippen LogP contribution in [0.3, 0.4) is 0 Å². The van der Waals surface area contributed by atoms with E-state index in [9.17, 15) is 30.0 Å². The lowest BCUT2D eigenvalue weighted by Crippen LogP contribution is -2.69. The second-order valence-corrected chi connectivity index (χ2v) is 7.76. The Labute approximate surface area is 180 Å². The fraction of sp³-hybridized carbons (Fsp3) is 0.895. The molecule has 0 aliphatic carbocycles. The van der Waals surface area contributed by atoms with Gasteiger partial charge in [-0.15, -0.1) is 0 Å². The highest BCUT2D eigenvalue weighted by molar-refractivity contribution is 5.73. The van der Waals surface area contributed by atoms with Crippen LogP contribution in [-0.2, 0) is 28.5 Å². The molecule has 2 fully saturated rings. The first-order valence-electron chi connectivity index (χ1n) is 10.3. The average molecular weight is 450 g/mol. The van der Waals surface area contributed by atoms with Crippen molar-refractivity contribution in [3.05, 3.63) is 0 Å². The molecule has 2 aliphatic rings. The Morgan fingerprint density at radius 3 is 1.87 bits per heavy atom. The molecule has 0 bridgehead atoms. The summed E-state index contributed by atoms with van der Waals surface area (Å²) >= 11 is 0. The van der Waals surface area contributed by atoms with E-state index in [1.807, 2.05) is 6.92 Å². The van der Waals surface area contributed by atoms with Crippen LogP contribution < -0.4 is 10.6 Å². The summed E-state index contributed by atoms with van der Waals surface area (Å²) in [5.74, 6) is -0.851. The summed E-state index contributed by atoms with van der Waals surface area (Å²) in [6.45, 7) is 3.37. The Morgan fingerprint density at radius 2 is 1.39 bits per heavy atom. The molecule has 0 aromatic carbocycles. The molecule has 0 aromatic heterocycles. The quantitative estimate of drug-likeness (QED) is 0.223. The van der Waals surface area contributed by atoms with Crippen LogP contribution in [0.25, 0.3) is 0 Å². The van der Waals surface area contributed by atoms with E-state index in [0.717, 1.165) is 0 Å². The van der Waals surface area contributed by atoms with E-state index in [4.69, 9.17) is 18.9 Å². The van der Waals surface area contributed by atoms with Gasteiger partial charge in [-0.2, -0.15) is 0 Å². The number of amides is 2. The number of hydrogen-bond acceptors (Lipinski definition) is 10. The zero-order valence-electron chi connectivity index (χ0n) is 18.1. The molecule has 180 valence electrons. The van der Waals surface area contributed by atoms with Crippen LogP contribution in [-0.4, -0.2) is 114 Å². The summed E-state index contributed by atoms with van der Waals surface area (Å²) in [4.78, 5) is 23.3. The van der Waals surface area contributed by atoms with E-state index >= 15 is 0 Å². The molecule has 2 rings (SSSR count). The molecule has 2 heterocycles. The van der Waals surface area contributed by atoms with Gasteiger partial charge in [0, 0.05) is 21.0 Å². The topological polar surface area (TPSA) is 176 Å². The number of ether oxygens (including phenoxy) is 4. The molecule has 31 heavy (non-hydrogen) atoms. The van der Waals surface area contributed by atoms with Crippen molar-refractivity contribution in [2.24, 2.45) is 0 Å². The van der Waals surface area contributed by atoms with Crippen LogP contribution >= 0.6 is 0 Å². The third-order valence-corrected chi connectivity index (χ3v) is 5.56. The highest BCUT2D eigenvalue weighted by Gasteiger charge is 2.51. The van der Waals surface area contributed by atoms with Gasteiger partial charge in [0.1, 0.15) is 42.7 Å². The fourth-order valence-corrected chi connectivity index (χ4v) is 4.13. The number of methoxy groups -OCH3 is 1. The first kappa shape index (κ1) is 25.9. The minimum Gasteiger partial charge on any atom is -0.394 e. The molecule has 0 radical (unpaired) electrons. The smallest absolute Gasteiger partial charge is 0.217 e. The van der Waals surface area contributed by atoms with Gasteiger partial charge in [-0.1, -0.05) is 6.92 Å². The molecule has 4 unspecified atom stereocenters. The molecular weight excluding hydrogens is 416 g/mol. The van der Waals surface area contributed by atoms with Crippen LogP contribution in [0, 0.1) is 0 Å². The normalized spacial score (nSPS) is 40.9. The van der Waals surface area contributed by atoms with E-state index in [1.54, 1.807) is 0 Å². The summed E-state index contributed by atoms with van der Waals surface area (Å²) in [5.41, 5.74) is 0. The predicted molar refractivity (Wildman–Crippen MR) is 105 cm³/mol. The summed E-state index contributed by atoms with van der Waals surface area (Å²) in [6.07, 6.45) is -8.05. The zero-order valence-corrected chi connectivity index (χ0v) is 18.1. The molecule has 2 amide bonds. The van der Waals surface area contributed by atoms with E-state index in [0.29, 0.717) is 6.42 Å². The van der Waals surface area contributed by atoms with Crippen molar-refractivity contribution in [2.75, 3.05) is 20.3 Å². The van der Waals surface area contributed by atoms with Crippen LogP contribution in [0.15, 0.2) is 0 Å².